The quantitative estimate of drug-likeness (QED) is 0.565. The molecular weight excluding hydrogens is 416 g/mol. The van der Waals surface area contributed by atoms with Gasteiger partial charge in [-0.1, -0.05) is 0 Å². The van der Waals surface area contributed by atoms with Crippen LogP contribution in [0, 0.1) is 13.8 Å². The minimum Gasteiger partial charge on any atom is -0.497 e. The third-order valence-electron chi connectivity index (χ3n) is 5.69. The molecule has 3 heterocycles. The molecule has 1 unspecified atom stereocenters. The molecular formula is C25H30N6O2. The highest BCUT2D eigenvalue weighted by Gasteiger charge is 2.23. The number of ether oxygens (including phenoxy) is 1. The second-order valence-corrected chi connectivity index (χ2v) is 8.42. The summed E-state index contributed by atoms with van der Waals surface area (Å²) in [4.78, 5) is 28.2. The van der Waals surface area contributed by atoms with Crippen LogP contribution in [-0.2, 0) is 4.79 Å². The lowest BCUT2D eigenvalue weighted by molar-refractivity contribution is -0.117. The Hall–Kier alpha value is -3.52. The number of pyridine rings is 1. The first kappa shape index (κ1) is 22.7. The van der Waals surface area contributed by atoms with Crippen LogP contribution < -0.4 is 15.4 Å². The number of hydrogen-bond acceptors (Lipinski definition) is 7. The van der Waals surface area contributed by atoms with Crippen molar-refractivity contribution in [2.24, 2.45) is 0 Å². The predicted octanol–water partition coefficient (Wildman–Crippen LogP) is 4.06. The molecule has 2 aromatic heterocycles. The predicted molar refractivity (Wildman–Crippen MR) is 129 cm³/mol. The lowest BCUT2D eigenvalue weighted by atomic mass is 9.94. The Morgan fingerprint density at radius 3 is 2.48 bits per heavy atom. The van der Waals surface area contributed by atoms with E-state index in [2.05, 4.69) is 36.6 Å². The average molecular weight is 447 g/mol. The molecule has 1 amide bonds. The van der Waals surface area contributed by atoms with Crippen molar-refractivity contribution in [2.75, 3.05) is 37.4 Å². The fourth-order valence-electron chi connectivity index (χ4n) is 4.15. The molecule has 1 saturated heterocycles. The normalized spacial score (nSPS) is 16.3. The van der Waals surface area contributed by atoms with Gasteiger partial charge in [0.05, 0.1) is 25.5 Å². The molecule has 1 aromatic carbocycles. The number of benzene rings is 1. The number of rotatable bonds is 7. The number of methoxy groups -OCH3 is 1. The summed E-state index contributed by atoms with van der Waals surface area (Å²) in [6.07, 6.45) is 3.93. The van der Waals surface area contributed by atoms with E-state index in [9.17, 15) is 4.79 Å². The maximum atomic E-state index is 12.5. The Balaban J connectivity index is 1.32. The zero-order chi connectivity index (χ0) is 23.2. The number of hydrogen-bond donors (Lipinski definition) is 2. The maximum absolute atomic E-state index is 12.5. The summed E-state index contributed by atoms with van der Waals surface area (Å²) in [6, 6.07) is 13.4. The van der Waals surface area contributed by atoms with E-state index >= 15 is 0 Å². The summed E-state index contributed by atoms with van der Waals surface area (Å²) < 4.78 is 5.16. The van der Waals surface area contributed by atoms with Gasteiger partial charge in [0.25, 0.3) is 0 Å². The van der Waals surface area contributed by atoms with Crippen molar-refractivity contribution >= 4 is 23.2 Å². The molecule has 0 radical (unpaired) electrons. The van der Waals surface area contributed by atoms with E-state index in [1.807, 2.05) is 56.4 Å². The lowest BCUT2D eigenvalue weighted by Crippen LogP contribution is -2.39. The summed E-state index contributed by atoms with van der Waals surface area (Å²) in [5.74, 6) is 1.64. The van der Waals surface area contributed by atoms with Crippen LogP contribution in [0.15, 0.2) is 48.7 Å². The van der Waals surface area contributed by atoms with Gasteiger partial charge < -0.3 is 15.4 Å². The molecule has 0 aliphatic carbocycles. The number of aromatic nitrogens is 3. The molecule has 8 heteroatoms. The average Bonchev–Trinajstić information content (AvgIpc) is 2.79. The molecule has 0 bridgehead atoms. The van der Waals surface area contributed by atoms with Crippen LogP contribution in [-0.4, -0.2) is 52.5 Å². The van der Waals surface area contributed by atoms with Crippen LogP contribution >= 0.6 is 0 Å². The summed E-state index contributed by atoms with van der Waals surface area (Å²) in [7, 11) is 1.62. The zero-order valence-corrected chi connectivity index (χ0v) is 19.3. The van der Waals surface area contributed by atoms with E-state index in [-0.39, 0.29) is 5.91 Å². The monoisotopic (exact) mass is 446 g/mol. The van der Waals surface area contributed by atoms with E-state index in [0.29, 0.717) is 18.4 Å². The van der Waals surface area contributed by atoms with E-state index in [1.165, 1.54) is 0 Å². The molecule has 0 saturated carbocycles. The first-order chi connectivity index (χ1) is 16.0. The Morgan fingerprint density at radius 1 is 1.09 bits per heavy atom. The minimum absolute atomic E-state index is 0.0122. The topological polar surface area (TPSA) is 92.3 Å². The molecule has 0 spiro atoms. The van der Waals surface area contributed by atoms with E-state index in [4.69, 9.17) is 4.74 Å². The summed E-state index contributed by atoms with van der Waals surface area (Å²) in [6.45, 7) is 6.00. The lowest BCUT2D eigenvalue weighted by Gasteiger charge is -2.32. The van der Waals surface area contributed by atoms with E-state index in [1.54, 1.807) is 7.11 Å². The maximum Gasteiger partial charge on any atom is 0.238 e. The van der Waals surface area contributed by atoms with Gasteiger partial charge in [-0.3, -0.25) is 14.7 Å². The van der Waals surface area contributed by atoms with Crippen LogP contribution in [0.5, 0.6) is 5.75 Å². The number of carbonyl (C=O) groups is 1. The number of nitrogens with zero attached hydrogens (tertiary/aromatic N) is 4. The largest absolute Gasteiger partial charge is 0.497 e. The second kappa shape index (κ2) is 10.4. The molecule has 1 atom stereocenters. The molecule has 1 aliphatic rings. The number of anilines is 3. The van der Waals surface area contributed by atoms with Crippen LogP contribution in [0.3, 0.4) is 0 Å². The first-order valence-electron chi connectivity index (χ1n) is 11.2. The van der Waals surface area contributed by atoms with Crippen molar-refractivity contribution in [1.82, 2.24) is 19.9 Å². The standard InChI is InChI=1S/C25H30N6O2/c1-17-13-18(2)28-25(27-17)30-21-8-11-23(26-14-21)19-5-4-12-31(15-19)16-24(32)29-20-6-9-22(33-3)10-7-20/h6-11,13-14,19H,4-5,12,15-16H2,1-3H3,(H,29,32)(H,27,28,30). The molecule has 3 aromatic rings. The van der Waals surface area contributed by atoms with Gasteiger partial charge in [-0.05, 0) is 75.7 Å². The van der Waals surface area contributed by atoms with Gasteiger partial charge in [0.15, 0.2) is 0 Å². The third kappa shape index (κ3) is 6.26. The van der Waals surface area contributed by atoms with Crippen molar-refractivity contribution in [3.63, 3.8) is 0 Å². The highest BCUT2D eigenvalue weighted by atomic mass is 16.5. The molecule has 1 aliphatic heterocycles. The number of amides is 1. The minimum atomic E-state index is -0.0122. The van der Waals surface area contributed by atoms with Gasteiger partial charge >= 0.3 is 0 Å². The van der Waals surface area contributed by atoms with Crippen molar-refractivity contribution < 1.29 is 9.53 Å². The molecule has 33 heavy (non-hydrogen) atoms. The van der Waals surface area contributed by atoms with Crippen LogP contribution in [0.4, 0.5) is 17.3 Å². The molecule has 1 fully saturated rings. The zero-order valence-electron chi connectivity index (χ0n) is 19.3. The summed E-state index contributed by atoms with van der Waals surface area (Å²) in [5, 5.41) is 6.19. The van der Waals surface area contributed by atoms with Gasteiger partial charge in [-0.2, -0.15) is 0 Å². The Labute approximate surface area is 194 Å². The Bertz CT molecular complexity index is 1060. The van der Waals surface area contributed by atoms with E-state index in [0.717, 1.165) is 60.1 Å². The van der Waals surface area contributed by atoms with Crippen LogP contribution in [0.1, 0.15) is 35.8 Å². The van der Waals surface area contributed by atoms with Crippen LogP contribution in [0.25, 0.3) is 0 Å². The van der Waals surface area contributed by atoms with Gasteiger partial charge in [0.1, 0.15) is 5.75 Å². The van der Waals surface area contributed by atoms with Crippen molar-refractivity contribution in [3.8, 4) is 5.75 Å². The smallest absolute Gasteiger partial charge is 0.238 e. The highest BCUT2D eigenvalue weighted by molar-refractivity contribution is 5.92. The van der Waals surface area contributed by atoms with Crippen LogP contribution in [0.2, 0.25) is 0 Å². The fraction of sp³-hybridized carbons (Fsp3) is 0.360. The summed E-state index contributed by atoms with van der Waals surface area (Å²) in [5.41, 5.74) is 4.52. The van der Waals surface area contributed by atoms with Gasteiger partial charge in [-0.15, -0.1) is 0 Å². The van der Waals surface area contributed by atoms with Gasteiger partial charge in [0.2, 0.25) is 11.9 Å². The number of nitrogens with one attached hydrogen (secondary N) is 2. The molecule has 172 valence electrons. The number of aryl methyl sites for hydroxylation is 2. The number of carbonyl (C=O) groups excluding carboxylic acids is 1. The molecule has 8 nitrogen and oxygen atoms in total. The van der Waals surface area contributed by atoms with Gasteiger partial charge in [0, 0.05) is 35.2 Å². The van der Waals surface area contributed by atoms with Crippen molar-refractivity contribution in [3.05, 3.63) is 65.7 Å². The molecule has 2 N–H and O–H groups in total. The Morgan fingerprint density at radius 2 is 1.82 bits per heavy atom. The Kier molecular flexibility index (Phi) is 7.14. The highest BCUT2D eigenvalue weighted by Crippen LogP contribution is 2.26. The fourth-order valence-corrected chi connectivity index (χ4v) is 4.15. The second-order valence-electron chi connectivity index (χ2n) is 8.42. The number of likely N-dealkylation sites (tertiary alicyclic amines) is 1. The van der Waals surface area contributed by atoms with E-state index < -0.39 is 0 Å². The number of piperidine rings is 1. The SMILES string of the molecule is COc1ccc(NC(=O)CN2CCCC(c3ccc(Nc4nc(C)cc(C)n4)cn3)C2)cc1. The van der Waals surface area contributed by atoms with Crippen molar-refractivity contribution in [1.29, 1.82) is 0 Å². The first-order valence-corrected chi connectivity index (χ1v) is 11.2. The summed E-state index contributed by atoms with van der Waals surface area (Å²) >= 11 is 0. The van der Waals surface area contributed by atoms with Gasteiger partial charge in [-0.25, -0.2) is 9.97 Å². The van der Waals surface area contributed by atoms with Crippen molar-refractivity contribution in [2.45, 2.75) is 32.6 Å². The third-order valence-corrected chi connectivity index (χ3v) is 5.69. The molecule has 4 rings (SSSR count).